The molecule has 1 N–H and O–H groups in total. The van der Waals surface area contributed by atoms with E-state index in [0.717, 1.165) is 40.6 Å². The van der Waals surface area contributed by atoms with Gasteiger partial charge in [0.1, 0.15) is 11.3 Å². The van der Waals surface area contributed by atoms with Gasteiger partial charge in [-0.2, -0.15) is 0 Å². The predicted molar refractivity (Wildman–Crippen MR) is 133 cm³/mol. The van der Waals surface area contributed by atoms with Crippen LogP contribution in [0.25, 0.3) is 27.7 Å². The highest BCUT2D eigenvalue weighted by Crippen LogP contribution is 2.40. The molecule has 0 saturated heterocycles. The lowest BCUT2D eigenvalue weighted by molar-refractivity contribution is -0.116. The number of carbonyl (C=O) groups excluding carboxylic acids is 1. The highest BCUT2D eigenvalue weighted by molar-refractivity contribution is 6.36. The molecule has 7 heteroatoms. The average molecular weight is 475 g/mol. The number of ether oxygens (including phenoxy) is 1. The Balaban J connectivity index is 1.95. The summed E-state index contributed by atoms with van der Waals surface area (Å²) in [5.74, 6) is 0.536. The lowest BCUT2D eigenvalue weighted by Crippen LogP contribution is -2.25. The Hall–Kier alpha value is -2.47. The van der Waals surface area contributed by atoms with Gasteiger partial charge in [0, 0.05) is 45.8 Å². The molecule has 3 aromatic rings. The van der Waals surface area contributed by atoms with Crippen molar-refractivity contribution in [2.75, 3.05) is 33.8 Å². The maximum Gasteiger partial charge on any atom is 0.244 e. The first-order valence-corrected chi connectivity index (χ1v) is 11.3. The Morgan fingerprint density at radius 1 is 1.19 bits per heavy atom. The highest BCUT2D eigenvalue weighted by atomic mass is 35.5. The lowest BCUT2D eigenvalue weighted by atomic mass is 9.99. The third kappa shape index (κ3) is 5.85. The van der Waals surface area contributed by atoms with E-state index in [4.69, 9.17) is 32.4 Å². The molecule has 32 heavy (non-hydrogen) atoms. The minimum atomic E-state index is -0.128. The fraction of sp³-hybridized carbons (Fsp3) is 0.320. The van der Waals surface area contributed by atoms with Crippen LogP contribution in [0, 0.1) is 0 Å². The van der Waals surface area contributed by atoms with Crippen LogP contribution in [0.4, 0.5) is 0 Å². The molecule has 1 aromatic heterocycles. The first-order valence-electron chi connectivity index (χ1n) is 10.5. The summed E-state index contributed by atoms with van der Waals surface area (Å²) in [6.45, 7) is 5.87. The Morgan fingerprint density at radius 2 is 1.97 bits per heavy atom. The summed E-state index contributed by atoms with van der Waals surface area (Å²) in [6, 6.07) is 9.21. The number of benzene rings is 2. The minimum absolute atomic E-state index is 0.128. The van der Waals surface area contributed by atoms with Crippen LogP contribution in [0.15, 0.2) is 47.1 Å². The van der Waals surface area contributed by atoms with Crippen molar-refractivity contribution in [3.8, 4) is 16.9 Å². The van der Waals surface area contributed by atoms with Crippen molar-refractivity contribution in [3.63, 3.8) is 0 Å². The molecule has 0 aliphatic carbocycles. The second kappa shape index (κ2) is 10.9. The molecule has 3 rings (SSSR count). The van der Waals surface area contributed by atoms with E-state index in [1.807, 2.05) is 46.1 Å². The van der Waals surface area contributed by atoms with Crippen molar-refractivity contribution in [1.82, 2.24) is 10.2 Å². The molecule has 0 fully saturated rings. The van der Waals surface area contributed by atoms with E-state index in [2.05, 4.69) is 10.2 Å². The van der Waals surface area contributed by atoms with Crippen LogP contribution in [0.2, 0.25) is 10.0 Å². The summed E-state index contributed by atoms with van der Waals surface area (Å²) in [5, 5.41) is 4.93. The van der Waals surface area contributed by atoms with E-state index >= 15 is 0 Å². The van der Waals surface area contributed by atoms with E-state index in [0.29, 0.717) is 34.5 Å². The molecule has 0 aliphatic rings. The van der Waals surface area contributed by atoms with Crippen molar-refractivity contribution >= 4 is 45.7 Å². The van der Waals surface area contributed by atoms with Gasteiger partial charge in [-0.05, 0) is 64.7 Å². The Morgan fingerprint density at radius 3 is 2.66 bits per heavy atom. The number of rotatable bonds is 9. The van der Waals surface area contributed by atoms with Crippen LogP contribution in [0.3, 0.4) is 0 Å². The first kappa shape index (κ1) is 24.2. The van der Waals surface area contributed by atoms with Gasteiger partial charge >= 0.3 is 0 Å². The van der Waals surface area contributed by atoms with Gasteiger partial charge in [-0.25, -0.2) is 0 Å². The van der Waals surface area contributed by atoms with Gasteiger partial charge in [0.25, 0.3) is 0 Å². The van der Waals surface area contributed by atoms with Gasteiger partial charge in [0.05, 0.1) is 17.9 Å². The zero-order valence-corrected chi connectivity index (χ0v) is 20.3. The number of fused-ring (bicyclic) bond motifs is 1. The molecule has 0 bridgehead atoms. The topological polar surface area (TPSA) is 54.7 Å². The molecule has 2 aromatic carbocycles. The normalized spacial score (nSPS) is 11.9. The van der Waals surface area contributed by atoms with Gasteiger partial charge < -0.3 is 19.4 Å². The molecular weight excluding hydrogens is 447 g/mol. The fourth-order valence-electron chi connectivity index (χ4n) is 3.49. The zero-order valence-electron chi connectivity index (χ0n) is 18.8. The molecule has 0 aliphatic heterocycles. The van der Waals surface area contributed by atoms with E-state index in [1.54, 1.807) is 24.5 Å². The quantitative estimate of drug-likeness (QED) is 0.293. The second-order valence-corrected chi connectivity index (χ2v) is 8.67. The lowest BCUT2D eigenvalue weighted by Gasteiger charge is -2.12. The number of carbonyl (C=O) groups is 1. The van der Waals surface area contributed by atoms with Crippen LogP contribution >= 0.6 is 23.2 Å². The molecule has 5 nitrogen and oxygen atoms in total. The molecule has 0 unspecified atom stereocenters. The van der Waals surface area contributed by atoms with Gasteiger partial charge in [0.15, 0.2) is 0 Å². The van der Waals surface area contributed by atoms with Crippen LogP contribution in [-0.2, 0) is 4.79 Å². The summed E-state index contributed by atoms with van der Waals surface area (Å²) in [6.07, 6.45) is 4.17. The molecule has 1 heterocycles. The maximum absolute atomic E-state index is 12.4. The standard InChI is InChI=1S/C25H28Cl2N2O3/c1-5-31-23-14-24-20(21(15-32-24)18-8-7-17(26)12-22(18)27)13-19(23)16(2)11-25(30)28-9-6-10-29(3)4/h7-8,11-15H,5-6,9-10H2,1-4H3,(H,28,30)/b16-11+. The van der Waals surface area contributed by atoms with Crippen molar-refractivity contribution in [3.05, 3.63) is 58.3 Å². The van der Waals surface area contributed by atoms with Crippen molar-refractivity contribution in [2.24, 2.45) is 0 Å². The molecule has 0 radical (unpaired) electrons. The third-order valence-corrected chi connectivity index (χ3v) is 5.60. The van der Waals surface area contributed by atoms with Crippen molar-refractivity contribution in [1.29, 1.82) is 0 Å². The number of allylic oxidation sites excluding steroid dienone is 1. The molecule has 170 valence electrons. The Kier molecular flexibility index (Phi) is 8.24. The average Bonchev–Trinajstić information content (AvgIpc) is 3.13. The monoisotopic (exact) mass is 474 g/mol. The molecule has 1 amide bonds. The molecule has 0 spiro atoms. The summed E-state index contributed by atoms with van der Waals surface area (Å²) < 4.78 is 11.6. The van der Waals surface area contributed by atoms with Gasteiger partial charge in [-0.1, -0.05) is 29.3 Å². The van der Waals surface area contributed by atoms with Crippen molar-refractivity contribution in [2.45, 2.75) is 20.3 Å². The largest absolute Gasteiger partial charge is 0.493 e. The SMILES string of the molecule is CCOc1cc2occ(-c3ccc(Cl)cc3Cl)c2cc1/C(C)=C/C(=O)NCCCN(C)C. The number of nitrogens with zero attached hydrogens (tertiary/aromatic N) is 1. The fourth-order valence-corrected chi connectivity index (χ4v) is 4.00. The summed E-state index contributed by atoms with van der Waals surface area (Å²) in [5.41, 5.74) is 3.99. The highest BCUT2D eigenvalue weighted by Gasteiger charge is 2.17. The van der Waals surface area contributed by atoms with Crippen molar-refractivity contribution < 1.29 is 13.9 Å². The van der Waals surface area contributed by atoms with Crippen LogP contribution < -0.4 is 10.1 Å². The van der Waals surface area contributed by atoms with Gasteiger partial charge in [-0.3, -0.25) is 4.79 Å². The van der Waals surface area contributed by atoms with E-state index < -0.39 is 0 Å². The smallest absolute Gasteiger partial charge is 0.244 e. The zero-order chi connectivity index (χ0) is 23.3. The Labute approximate surface area is 198 Å². The number of nitrogens with one attached hydrogen (secondary N) is 1. The third-order valence-electron chi connectivity index (χ3n) is 5.05. The maximum atomic E-state index is 12.4. The number of hydrogen-bond acceptors (Lipinski definition) is 4. The minimum Gasteiger partial charge on any atom is -0.493 e. The molecule has 0 atom stereocenters. The van der Waals surface area contributed by atoms with E-state index in [-0.39, 0.29) is 5.91 Å². The summed E-state index contributed by atoms with van der Waals surface area (Å²) in [7, 11) is 4.03. The van der Waals surface area contributed by atoms with Crippen LogP contribution in [-0.4, -0.2) is 44.6 Å². The number of furan rings is 1. The second-order valence-electron chi connectivity index (χ2n) is 7.83. The number of amides is 1. The predicted octanol–water partition coefficient (Wildman–Crippen LogP) is 6.28. The summed E-state index contributed by atoms with van der Waals surface area (Å²) >= 11 is 12.5. The first-order chi connectivity index (χ1) is 15.3. The van der Waals surface area contributed by atoms with E-state index in [1.165, 1.54) is 0 Å². The van der Waals surface area contributed by atoms with Crippen LogP contribution in [0.5, 0.6) is 5.75 Å². The number of halogens is 2. The van der Waals surface area contributed by atoms with Gasteiger partial charge in [0.2, 0.25) is 5.91 Å². The summed E-state index contributed by atoms with van der Waals surface area (Å²) in [4.78, 5) is 14.5. The number of hydrogen-bond donors (Lipinski definition) is 1. The van der Waals surface area contributed by atoms with Crippen LogP contribution in [0.1, 0.15) is 25.8 Å². The molecule has 0 saturated carbocycles. The van der Waals surface area contributed by atoms with E-state index in [9.17, 15) is 4.79 Å². The Bertz CT molecular complexity index is 1140. The van der Waals surface area contributed by atoms with Gasteiger partial charge in [-0.15, -0.1) is 0 Å². The molecular formula is C25H28Cl2N2O3.